The summed E-state index contributed by atoms with van der Waals surface area (Å²) in [6, 6.07) is 16.4. The van der Waals surface area contributed by atoms with Gasteiger partial charge < -0.3 is 4.90 Å². The van der Waals surface area contributed by atoms with Gasteiger partial charge in [0.1, 0.15) is 0 Å². The molecule has 0 atom stereocenters. The predicted octanol–water partition coefficient (Wildman–Crippen LogP) is 4.40. The minimum absolute atomic E-state index is 0.190. The highest BCUT2D eigenvalue weighted by atomic mass is 32.2. The van der Waals surface area contributed by atoms with Crippen LogP contribution in [0.1, 0.15) is 0 Å². The molecule has 0 aromatic heterocycles. The van der Waals surface area contributed by atoms with E-state index in [1.165, 1.54) is 0 Å². The molecule has 0 radical (unpaired) electrons. The molecular formula is C20H16N2O2S2. The van der Waals surface area contributed by atoms with Crippen molar-refractivity contribution in [3.8, 4) is 0 Å². The molecule has 0 amide bonds. The van der Waals surface area contributed by atoms with Gasteiger partial charge in [-0.25, -0.2) is 0 Å². The molecule has 1 aliphatic heterocycles. The summed E-state index contributed by atoms with van der Waals surface area (Å²) in [6.45, 7) is 0. The van der Waals surface area contributed by atoms with Gasteiger partial charge in [0.15, 0.2) is 0 Å². The van der Waals surface area contributed by atoms with E-state index in [2.05, 4.69) is 21.4 Å². The zero-order valence-electron chi connectivity index (χ0n) is 14.0. The third-order valence-corrected chi connectivity index (χ3v) is 6.69. The Kier molecular flexibility index (Phi) is 4.30. The summed E-state index contributed by atoms with van der Waals surface area (Å²) in [6.07, 6.45) is 7.34. The first-order valence-electron chi connectivity index (χ1n) is 8.06. The van der Waals surface area contributed by atoms with Crippen molar-refractivity contribution in [1.82, 2.24) is 0 Å². The number of thioether (sulfide) groups is 1. The van der Waals surface area contributed by atoms with Crippen molar-refractivity contribution in [3.63, 3.8) is 0 Å². The first-order chi connectivity index (χ1) is 12.6. The zero-order chi connectivity index (χ0) is 18.1. The van der Waals surface area contributed by atoms with Gasteiger partial charge in [-0.15, -0.1) is 0 Å². The van der Waals surface area contributed by atoms with E-state index >= 15 is 0 Å². The first kappa shape index (κ1) is 16.9. The summed E-state index contributed by atoms with van der Waals surface area (Å²) < 4.78 is 29.5. The van der Waals surface area contributed by atoms with Crippen LogP contribution in [0.3, 0.4) is 0 Å². The Labute approximate surface area is 157 Å². The zero-order valence-corrected chi connectivity index (χ0v) is 15.7. The standard InChI is InChI=1S/C20H16N2O2S2/c1-22-18-13-7-8-14-19(18)25-20(22)16-11-5-6-12-17(16)21-26(23,24)15-9-3-2-4-10-15/h2-14H,1H3/b20-16-,21-17+. The minimum Gasteiger partial charge on any atom is -0.338 e. The lowest BCUT2D eigenvalue weighted by atomic mass is 10.1. The molecule has 0 unspecified atom stereocenters. The molecule has 1 aliphatic carbocycles. The number of allylic oxidation sites excluding steroid dienone is 5. The highest BCUT2D eigenvalue weighted by Crippen LogP contribution is 2.46. The molecule has 26 heavy (non-hydrogen) atoms. The smallest absolute Gasteiger partial charge is 0.282 e. The largest absolute Gasteiger partial charge is 0.338 e. The van der Waals surface area contributed by atoms with Crippen molar-refractivity contribution in [2.45, 2.75) is 9.79 Å². The number of hydrogen-bond donors (Lipinski definition) is 0. The second kappa shape index (κ2) is 6.63. The fourth-order valence-electron chi connectivity index (χ4n) is 2.85. The van der Waals surface area contributed by atoms with Crippen LogP contribution in [0.15, 0.2) is 104 Å². The summed E-state index contributed by atoms with van der Waals surface area (Å²) in [5, 5.41) is 0.966. The molecule has 0 bridgehead atoms. The van der Waals surface area contributed by atoms with Crippen LogP contribution in [0.4, 0.5) is 5.69 Å². The predicted molar refractivity (Wildman–Crippen MR) is 107 cm³/mol. The Hall–Kier alpha value is -2.57. The quantitative estimate of drug-likeness (QED) is 0.775. The molecule has 0 saturated heterocycles. The van der Waals surface area contributed by atoms with Gasteiger partial charge in [-0.2, -0.15) is 12.8 Å². The highest BCUT2D eigenvalue weighted by Gasteiger charge is 2.26. The summed E-state index contributed by atoms with van der Waals surface area (Å²) in [4.78, 5) is 3.41. The number of benzene rings is 2. The van der Waals surface area contributed by atoms with Gasteiger partial charge in [0.25, 0.3) is 10.0 Å². The average molecular weight is 380 g/mol. The SMILES string of the molecule is CN1/C(=C2\C=CC=C\C2=N/S(=O)(=O)c2ccccc2)Sc2ccccc21. The molecule has 4 rings (SSSR count). The number of hydrogen-bond acceptors (Lipinski definition) is 4. The third kappa shape index (κ3) is 3.02. The van der Waals surface area contributed by atoms with E-state index in [0.717, 1.165) is 21.2 Å². The summed E-state index contributed by atoms with van der Waals surface area (Å²) in [5.74, 6) is 0. The number of para-hydroxylation sites is 1. The average Bonchev–Trinajstić information content (AvgIpc) is 3.00. The lowest BCUT2D eigenvalue weighted by Gasteiger charge is -2.18. The molecule has 2 aromatic carbocycles. The van der Waals surface area contributed by atoms with E-state index < -0.39 is 10.0 Å². The Morgan fingerprint density at radius 1 is 0.923 bits per heavy atom. The van der Waals surface area contributed by atoms with Crippen LogP contribution < -0.4 is 4.90 Å². The van der Waals surface area contributed by atoms with Gasteiger partial charge in [0.2, 0.25) is 0 Å². The number of anilines is 1. The number of nitrogens with zero attached hydrogens (tertiary/aromatic N) is 2. The maximum absolute atomic E-state index is 12.7. The van der Waals surface area contributed by atoms with E-state index in [9.17, 15) is 8.42 Å². The highest BCUT2D eigenvalue weighted by molar-refractivity contribution is 8.03. The fourth-order valence-corrected chi connectivity index (χ4v) is 5.05. The van der Waals surface area contributed by atoms with Gasteiger partial charge in [-0.05, 0) is 30.3 Å². The molecular weight excluding hydrogens is 364 g/mol. The van der Waals surface area contributed by atoms with Crippen molar-refractivity contribution in [1.29, 1.82) is 0 Å². The molecule has 6 heteroatoms. The van der Waals surface area contributed by atoms with E-state index in [1.807, 2.05) is 31.3 Å². The van der Waals surface area contributed by atoms with Gasteiger partial charge in [0.05, 0.1) is 21.3 Å². The van der Waals surface area contributed by atoms with Crippen molar-refractivity contribution < 1.29 is 8.42 Å². The first-order valence-corrected chi connectivity index (χ1v) is 10.3. The van der Waals surface area contributed by atoms with Crippen LogP contribution in [0.25, 0.3) is 0 Å². The Bertz CT molecular complexity index is 1080. The second-order valence-electron chi connectivity index (χ2n) is 5.83. The monoisotopic (exact) mass is 380 g/mol. The Morgan fingerprint density at radius 2 is 1.62 bits per heavy atom. The van der Waals surface area contributed by atoms with Crippen LogP contribution in [0.5, 0.6) is 0 Å². The molecule has 0 N–H and O–H groups in total. The molecule has 0 saturated carbocycles. The van der Waals surface area contributed by atoms with Gasteiger partial charge in [-0.3, -0.25) is 0 Å². The molecule has 0 spiro atoms. The van der Waals surface area contributed by atoms with E-state index in [0.29, 0.717) is 5.71 Å². The van der Waals surface area contributed by atoms with Gasteiger partial charge >= 0.3 is 0 Å². The summed E-state index contributed by atoms with van der Waals surface area (Å²) >= 11 is 1.62. The summed E-state index contributed by atoms with van der Waals surface area (Å²) in [5.41, 5.74) is 2.35. The third-order valence-electron chi connectivity index (χ3n) is 4.13. The molecule has 0 fully saturated rings. The van der Waals surface area contributed by atoms with Crippen LogP contribution in [-0.2, 0) is 10.0 Å². The van der Waals surface area contributed by atoms with Crippen molar-refractivity contribution in [3.05, 3.63) is 89.5 Å². The van der Waals surface area contributed by atoms with E-state index in [-0.39, 0.29) is 4.90 Å². The lowest BCUT2D eigenvalue weighted by Crippen LogP contribution is -2.16. The van der Waals surface area contributed by atoms with Crippen molar-refractivity contribution in [2.75, 3.05) is 11.9 Å². The van der Waals surface area contributed by atoms with Crippen LogP contribution in [0.2, 0.25) is 0 Å². The maximum Gasteiger partial charge on any atom is 0.282 e. The van der Waals surface area contributed by atoms with Crippen LogP contribution in [-0.4, -0.2) is 21.2 Å². The topological polar surface area (TPSA) is 49.7 Å². The normalized spacial score (nSPS) is 20.7. The molecule has 4 nitrogen and oxygen atoms in total. The number of rotatable bonds is 2. The molecule has 130 valence electrons. The maximum atomic E-state index is 12.7. The molecule has 2 aliphatic rings. The lowest BCUT2D eigenvalue weighted by molar-refractivity contribution is 0.598. The minimum atomic E-state index is -3.77. The van der Waals surface area contributed by atoms with Crippen molar-refractivity contribution >= 4 is 33.2 Å². The van der Waals surface area contributed by atoms with Gasteiger partial charge in [-0.1, -0.05) is 60.3 Å². The number of fused-ring (bicyclic) bond motifs is 1. The number of sulfonamides is 1. The fraction of sp³-hybridized carbons (Fsp3) is 0.0500. The molecule has 2 aromatic rings. The van der Waals surface area contributed by atoms with Crippen LogP contribution >= 0.6 is 11.8 Å². The Balaban J connectivity index is 1.80. The second-order valence-corrected chi connectivity index (χ2v) is 8.47. The van der Waals surface area contributed by atoms with Gasteiger partial charge in [0, 0.05) is 17.5 Å². The Morgan fingerprint density at radius 3 is 2.38 bits per heavy atom. The van der Waals surface area contributed by atoms with E-state index in [4.69, 9.17) is 0 Å². The summed E-state index contributed by atoms with van der Waals surface area (Å²) in [7, 11) is -1.78. The molecule has 1 heterocycles. The van der Waals surface area contributed by atoms with Crippen LogP contribution in [0, 0.1) is 0 Å². The van der Waals surface area contributed by atoms with Crippen molar-refractivity contribution in [2.24, 2.45) is 4.40 Å². The van der Waals surface area contributed by atoms with E-state index in [1.54, 1.807) is 54.2 Å².